The first kappa shape index (κ1) is 21.8. The summed E-state index contributed by atoms with van der Waals surface area (Å²) in [6.07, 6.45) is 6.94. The van der Waals surface area contributed by atoms with Gasteiger partial charge in [0.25, 0.3) is 0 Å². The number of fused-ring (bicyclic) bond motifs is 1. The second kappa shape index (κ2) is 9.80. The number of pyridine rings is 1. The van der Waals surface area contributed by atoms with E-state index >= 15 is 0 Å². The van der Waals surface area contributed by atoms with Gasteiger partial charge in [-0.2, -0.15) is 0 Å². The molecule has 2 fully saturated rings. The molecule has 1 aliphatic heterocycles. The Morgan fingerprint density at radius 1 is 1.06 bits per heavy atom. The summed E-state index contributed by atoms with van der Waals surface area (Å²) >= 11 is 0. The molecule has 2 aromatic rings. The van der Waals surface area contributed by atoms with E-state index in [1.807, 2.05) is 12.1 Å². The van der Waals surface area contributed by atoms with Crippen molar-refractivity contribution in [3.63, 3.8) is 0 Å². The summed E-state index contributed by atoms with van der Waals surface area (Å²) in [4.78, 5) is 42.9. The molecule has 8 nitrogen and oxygen atoms in total. The third-order valence-electron chi connectivity index (χ3n) is 6.09. The van der Waals surface area contributed by atoms with E-state index in [0.717, 1.165) is 31.2 Å². The molecule has 0 bridgehead atoms. The van der Waals surface area contributed by atoms with E-state index in [4.69, 9.17) is 9.47 Å². The van der Waals surface area contributed by atoms with Crippen molar-refractivity contribution in [1.82, 2.24) is 9.88 Å². The van der Waals surface area contributed by atoms with Crippen LogP contribution >= 0.6 is 0 Å². The second-order valence-electron chi connectivity index (χ2n) is 8.13. The molecule has 2 atom stereocenters. The number of methoxy groups -OCH3 is 1. The van der Waals surface area contributed by atoms with Crippen LogP contribution in [-0.4, -0.2) is 41.3 Å². The summed E-state index contributed by atoms with van der Waals surface area (Å²) in [5.41, 5.74) is 1.50. The Balaban J connectivity index is 1.34. The van der Waals surface area contributed by atoms with Crippen molar-refractivity contribution in [1.29, 1.82) is 0 Å². The number of imide groups is 1. The lowest BCUT2D eigenvalue weighted by molar-refractivity contribution is -0.140. The minimum atomic E-state index is -0.272. The molecule has 1 aromatic carbocycles. The molecule has 4 rings (SSSR count). The number of ether oxygens (including phenoxy) is 2. The minimum Gasteiger partial charge on any atom is -0.493 e. The van der Waals surface area contributed by atoms with Crippen molar-refractivity contribution in [2.75, 3.05) is 19.0 Å². The number of amides is 3. The highest BCUT2D eigenvalue weighted by Crippen LogP contribution is 2.38. The third kappa shape index (κ3) is 4.74. The minimum absolute atomic E-state index is 0.0517. The van der Waals surface area contributed by atoms with E-state index in [-0.39, 0.29) is 42.5 Å². The number of likely N-dealkylation sites (tertiary alicyclic amines) is 1. The van der Waals surface area contributed by atoms with Gasteiger partial charge in [0.1, 0.15) is 6.61 Å². The Bertz CT molecular complexity index is 970. The van der Waals surface area contributed by atoms with Gasteiger partial charge in [-0.1, -0.05) is 12.8 Å². The van der Waals surface area contributed by atoms with E-state index < -0.39 is 0 Å². The van der Waals surface area contributed by atoms with Crippen LogP contribution < -0.4 is 14.8 Å². The predicted octanol–water partition coefficient (Wildman–Crippen LogP) is 3.17. The lowest BCUT2D eigenvalue weighted by atomic mass is 9.81. The van der Waals surface area contributed by atoms with E-state index in [9.17, 15) is 14.4 Å². The normalized spacial score (nSPS) is 20.1. The van der Waals surface area contributed by atoms with Gasteiger partial charge in [-0.25, -0.2) is 0 Å². The molecule has 2 heterocycles. The monoisotopic (exact) mass is 437 g/mol. The Labute approximate surface area is 186 Å². The number of carbonyl (C=O) groups excluding carboxylic acids is 3. The number of hydrogen-bond acceptors (Lipinski definition) is 6. The predicted molar refractivity (Wildman–Crippen MR) is 117 cm³/mol. The van der Waals surface area contributed by atoms with Crippen LogP contribution in [0.1, 0.15) is 37.7 Å². The van der Waals surface area contributed by atoms with E-state index in [1.54, 1.807) is 37.7 Å². The first-order chi connectivity index (χ1) is 15.6. The van der Waals surface area contributed by atoms with E-state index in [0.29, 0.717) is 23.8 Å². The molecule has 168 valence electrons. The van der Waals surface area contributed by atoms with Gasteiger partial charge in [0.2, 0.25) is 17.7 Å². The highest BCUT2D eigenvalue weighted by Gasteiger charge is 2.47. The summed E-state index contributed by atoms with van der Waals surface area (Å²) < 4.78 is 11.2. The van der Waals surface area contributed by atoms with Gasteiger partial charge >= 0.3 is 0 Å². The van der Waals surface area contributed by atoms with Gasteiger partial charge in [-0.3, -0.25) is 24.3 Å². The second-order valence-corrected chi connectivity index (χ2v) is 8.13. The van der Waals surface area contributed by atoms with Gasteiger partial charge < -0.3 is 14.8 Å². The molecule has 1 aromatic heterocycles. The maximum Gasteiger partial charge on any atom is 0.233 e. The van der Waals surface area contributed by atoms with Gasteiger partial charge in [-0.15, -0.1) is 0 Å². The third-order valence-corrected chi connectivity index (χ3v) is 6.09. The molecule has 2 unspecified atom stereocenters. The highest BCUT2D eigenvalue weighted by molar-refractivity contribution is 6.05. The number of nitrogens with zero attached hydrogens (tertiary/aromatic N) is 2. The van der Waals surface area contributed by atoms with Crippen LogP contribution in [0.2, 0.25) is 0 Å². The quantitative estimate of drug-likeness (QED) is 0.637. The number of benzene rings is 1. The molecule has 1 saturated carbocycles. The lowest BCUT2D eigenvalue weighted by Crippen LogP contribution is -2.34. The first-order valence-corrected chi connectivity index (χ1v) is 10.9. The zero-order valence-corrected chi connectivity index (χ0v) is 18.1. The number of nitrogens with one attached hydrogen (secondary N) is 1. The summed E-state index contributed by atoms with van der Waals surface area (Å²) in [5, 5.41) is 2.81. The molecule has 8 heteroatoms. The average molecular weight is 437 g/mol. The van der Waals surface area contributed by atoms with Crippen molar-refractivity contribution in [2.45, 2.75) is 38.7 Å². The zero-order chi connectivity index (χ0) is 22.5. The summed E-state index contributed by atoms with van der Waals surface area (Å²) in [5.74, 6) is 0.143. The van der Waals surface area contributed by atoms with Crippen LogP contribution in [0.4, 0.5) is 5.69 Å². The lowest BCUT2D eigenvalue weighted by Gasteiger charge is -2.19. The number of hydrogen-bond donors (Lipinski definition) is 1. The van der Waals surface area contributed by atoms with Gasteiger partial charge in [0.05, 0.1) is 18.9 Å². The fourth-order valence-corrected chi connectivity index (χ4v) is 4.40. The Kier molecular flexibility index (Phi) is 6.68. The van der Waals surface area contributed by atoms with Crippen molar-refractivity contribution in [3.05, 3.63) is 48.3 Å². The van der Waals surface area contributed by atoms with E-state index in [2.05, 4.69) is 10.3 Å². The van der Waals surface area contributed by atoms with Crippen LogP contribution in [0.15, 0.2) is 42.7 Å². The van der Waals surface area contributed by atoms with Crippen LogP contribution in [0.5, 0.6) is 11.5 Å². The van der Waals surface area contributed by atoms with Crippen molar-refractivity contribution in [2.24, 2.45) is 11.8 Å². The molecule has 32 heavy (non-hydrogen) atoms. The molecular formula is C24H27N3O5. The highest BCUT2D eigenvalue weighted by atomic mass is 16.5. The number of aromatic nitrogens is 1. The van der Waals surface area contributed by atoms with Crippen LogP contribution in [0, 0.1) is 11.8 Å². The zero-order valence-electron chi connectivity index (χ0n) is 18.1. The topological polar surface area (TPSA) is 97.8 Å². The van der Waals surface area contributed by atoms with Crippen molar-refractivity contribution < 1.29 is 23.9 Å². The Morgan fingerprint density at radius 3 is 2.41 bits per heavy atom. The fraction of sp³-hybridized carbons (Fsp3) is 0.417. The Hall–Kier alpha value is -3.42. The molecule has 2 aliphatic rings. The van der Waals surface area contributed by atoms with E-state index in [1.165, 1.54) is 4.90 Å². The molecular weight excluding hydrogens is 410 g/mol. The molecule has 3 amide bonds. The molecule has 1 N–H and O–H groups in total. The number of carbonyl (C=O) groups is 3. The molecule has 0 spiro atoms. The van der Waals surface area contributed by atoms with Crippen LogP contribution in [-0.2, 0) is 21.0 Å². The van der Waals surface area contributed by atoms with Crippen LogP contribution in [0.25, 0.3) is 0 Å². The summed E-state index contributed by atoms with van der Waals surface area (Å²) in [7, 11) is 1.55. The number of rotatable bonds is 8. The molecule has 1 aliphatic carbocycles. The fourth-order valence-electron chi connectivity index (χ4n) is 4.40. The summed E-state index contributed by atoms with van der Waals surface area (Å²) in [6, 6.07) is 8.84. The maximum atomic E-state index is 12.6. The first-order valence-electron chi connectivity index (χ1n) is 10.9. The largest absolute Gasteiger partial charge is 0.493 e. The van der Waals surface area contributed by atoms with Gasteiger partial charge in [0.15, 0.2) is 11.5 Å². The van der Waals surface area contributed by atoms with Crippen molar-refractivity contribution >= 4 is 23.4 Å². The maximum absolute atomic E-state index is 12.6. The molecule has 1 saturated heterocycles. The SMILES string of the molecule is COc1ccc(NC(=O)CCN2C(=O)C3CCCCC3C2=O)cc1OCc1ccncc1. The van der Waals surface area contributed by atoms with Gasteiger partial charge in [0, 0.05) is 37.1 Å². The summed E-state index contributed by atoms with van der Waals surface area (Å²) in [6.45, 7) is 0.440. The average Bonchev–Trinajstić information content (AvgIpc) is 3.07. The van der Waals surface area contributed by atoms with Crippen LogP contribution in [0.3, 0.4) is 0 Å². The molecule has 0 radical (unpaired) electrons. The van der Waals surface area contributed by atoms with Crippen molar-refractivity contribution in [3.8, 4) is 11.5 Å². The Morgan fingerprint density at radius 2 is 1.75 bits per heavy atom. The number of anilines is 1. The van der Waals surface area contributed by atoms with Gasteiger partial charge in [-0.05, 0) is 42.7 Å². The standard InChI is InChI=1S/C24H27N3O5/c1-31-20-7-6-17(14-21(20)32-15-16-8-11-25-12-9-16)26-22(28)10-13-27-23(29)18-4-2-3-5-19(18)24(27)30/h6-9,11-12,14,18-19H,2-5,10,13,15H2,1H3,(H,26,28). The smallest absolute Gasteiger partial charge is 0.233 e.